The minimum atomic E-state index is -0.974. The molecule has 0 bridgehead atoms. The average Bonchev–Trinajstić information content (AvgIpc) is 2.54. The fraction of sp³-hybridized carbons (Fsp3) is 0.105. The fourth-order valence-corrected chi connectivity index (χ4v) is 2.96. The maximum Gasteiger partial charge on any atom is 0.345 e. The van der Waals surface area contributed by atoms with Gasteiger partial charge in [-0.25, -0.2) is 4.79 Å². The second-order valence-electron chi connectivity index (χ2n) is 5.26. The summed E-state index contributed by atoms with van der Waals surface area (Å²) in [6.07, 6.45) is -0.632. The Balaban J connectivity index is 1.88. The first-order chi connectivity index (χ1) is 11.1. The zero-order valence-electron chi connectivity index (χ0n) is 12.3. The lowest BCUT2D eigenvalue weighted by Gasteiger charge is -2.17. The number of carboxylic acid groups (broad SMARTS) is 1. The monoisotopic (exact) mass is 370 g/mol. The van der Waals surface area contributed by atoms with E-state index in [4.69, 9.17) is 4.74 Å². The molecule has 23 heavy (non-hydrogen) atoms. The molecule has 0 saturated heterocycles. The van der Waals surface area contributed by atoms with Crippen LogP contribution in [-0.4, -0.2) is 17.2 Å². The maximum atomic E-state index is 11.6. The van der Waals surface area contributed by atoms with Gasteiger partial charge in [-0.1, -0.05) is 64.5 Å². The number of halogens is 1. The van der Waals surface area contributed by atoms with E-state index in [9.17, 15) is 9.90 Å². The molecule has 4 heteroatoms. The van der Waals surface area contributed by atoms with Gasteiger partial charge in [0.25, 0.3) is 0 Å². The first-order valence-electron chi connectivity index (χ1n) is 7.25. The SMILES string of the molecule is O=C(O)[C@H](Cc1cccc(Br)c1)Oc1cccc2ccccc12. The summed E-state index contributed by atoms with van der Waals surface area (Å²) in [5.74, 6) is -0.386. The van der Waals surface area contributed by atoms with Crippen LogP contribution in [0.15, 0.2) is 71.2 Å². The van der Waals surface area contributed by atoms with Crippen molar-refractivity contribution in [3.8, 4) is 5.75 Å². The van der Waals surface area contributed by atoms with Crippen molar-refractivity contribution in [2.75, 3.05) is 0 Å². The summed E-state index contributed by atoms with van der Waals surface area (Å²) in [7, 11) is 0. The molecule has 1 N–H and O–H groups in total. The van der Waals surface area contributed by atoms with Gasteiger partial charge in [-0.05, 0) is 29.1 Å². The van der Waals surface area contributed by atoms with Crippen LogP contribution < -0.4 is 4.74 Å². The van der Waals surface area contributed by atoms with E-state index in [1.54, 1.807) is 6.07 Å². The van der Waals surface area contributed by atoms with Crippen molar-refractivity contribution in [2.24, 2.45) is 0 Å². The molecule has 3 aromatic carbocycles. The lowest BCUT2D eigenvalue weighted by atomic mass is 10.1. The van der Waals surface area contributed by atoms with Crippen LogP contribution >= 0.6 is 15.9 Å². The molecule has 0 fully saturated rings. The van der Waals surface area contributed by atoms with E-state index in [-0.39, 0.29) is 0 Å². The third-order valence-corrected chi connectivity index (χ3v) is 4.10. The molecule has 0 unspecified atom stereocenters. The lowest BCUT2D eigenvalue weighted by Crippen LogP contribution is -2.29. The van der Waals surface area contributed by atoms with Gasteiger partial charge in [0.1, 0.15) is 5.75 Å². The molecule has 0 aliphatic heterocycles. The minimum absolute atomic E-state index is 0.304. The molecule has 0 saturated carbocycles. The molecular formula is C19H15BrO3. The van der Waals surface area contributed by atoms with E-state index in [2.05, 4.69) is 15.9 Å². The molecular weight excluding hydrogens is 356 g/mol. The van der Waals surface area contributed by atoms with Gasteiger partial charge >= 0.3 is 5.97 Å². The van der Waals surface area contributed by atoms with Crippen molar-refractivity contribution in [3.05, 3.63) is 76.8 Å². The summed E-state index contributed by atoms with van der Waals surface area (Å²) in [5, 5.41) is 11.4. The molecule has 116 valence electrons. The third-order valence-electron chi connectivity index (χ3n) is 3.60. The zero-order chi connectivity index (χ0) is 16.2. The van der Waals surface area contributed by atoms with Crippen LogP contribution in [0.1, 0.15) is 5.56 Å². The van der Waals surface area contributed by atoms with E-state index >= 15 is 0 Å². The molecule has 0 aliphatic rings. The van der Waals surface area contributed by atoms with Crippen molar-refractivity contribution < 1.29 is 14.6 Å². The Kier molecular flexibility index (Phi) is 4.63. The van der Waals surface area contributed by atoms with Crippen molar-refractivity contribution >= 4 is 32.7 Å². The Morgan fingerprint density at radius 2 is 1.78 bits per heavy atom. The van der Waals surface area contributed by atoms with Crippen LogP contribution in [0.25, 0.3) is 10.8 Å². The van der Waals surface area contributed by atoms with Crippen LogP contribution in [-0.2, 0) is 11.2 Å². The highest BCUT2D eigenvalue weighted by molar-refractivity contribution is 9.10. The van der Waals surface area contributed by atoms with Gasteiger partial charge in [-0.3, -0.25) is 0 Å². The van der Waals surface area contributed by atoms with Crippen molar-refractivity contribution in [3.63, 3.8) is 0 Å². The van der Waals surface area contributed by atoms with E-state index < -0.39 is 12.1 Å². The molecule has 0 aromatic heterocycles. The summed E-state index contributed by atoms with van der Waals surface area (Å²) in [4.78, 5) is 11.6. The van der Waals surface area contributed by atoms with Crippen molar-refractivity contribution in [1.29, 1.82) is 0 Å². The Bertz CT molecular complexity index is 839. The summed E-state index contributed by atoms with van der Waals surface area (Å²) >= 11 is 3.40. The highest BCUT2D eigenvalue weighted by atomic mass is 79.9. The molecule has 3 aromatic rings. The zero-order valence-corrected chi connectivity index (χ0v) is 13.9. The summed E-state index contributed by atoms with van der Waals surface area (Å²) in [5.41, 5.74) is 0.909. The standard InChI is InChI=1S/C19H15BrO3/c20-15-8-3-5-13(11-15)12-18(19(21)22)23-17-10-4-7-14-6-1-2-9-16(14)17/h1-11,18H,12H2,(H,21,22)/t18-/m0/s1. The predicted octanol–water partition coefficient (Wildman–Crippen LogP) is 4.68. The second-order valence-corrected chi connectivity index (χ2v) is 6.17. The topological polar surface area (TPSA) is 46.5 Å². The van der Waals surface area contributed by atoms with Gasteiger partial charge in [0, 0.05) is 16.3 Å². The van der Waals surface area contributed by atoms with E-state index in [0.717, 1.165) is 20.8 Å². The van der Waals surface area contributed by atoms with Crippen LogP contribution in [0.3, 0.4) is 0 Å². The maximum absolute atomic E-state index is 11.6. The first kappa shape index (κ1) is 15.6. The normalized spacial score (nSPS) is 12.0. The quantitative estimate of drug-likeness (QED) is 0.709. The van der Waals surface area contributed by atoms with Gasteiger partial charge < -0.3 is 9.84 Å². The molecule has 0 spiro atoms. The van der Waals surface area contributed by atoms with E-state index in [1.807, 2.05) is 60.7 Å². The first-order valence-corrected chi connectivity index (χ1v) is 8.04. The fourth-order valence-electron chi connectivity index (χ4n) is 2.51. The summed E-state index contributed by atoms with van der Waals surface area (Å²) < 4.78 is 6.74. The smallest absolute Gasteiger partial charge is 0.345 e. The molecule has 3 nitrogen and oxygen atoms in total. The molecule has 0 aliphatic carbocycles. The van der Waals surface area contributed by atoms with Gasteiger partial charge in [0.05, 0.1) is 0 Å². The van der Waals surface area contributed by atoms with Crippen LogP contribution in [0.4, 0.5) is 0 Å². The number of ether oxygens (including phenoxy) is 1. The van der Waals surface area contributed by atoms with Crippen molar-refractivity contribution in [1.82, 2.24) is 0 Å². The number of rotatable bonds is 5. The second kappa shape index (κ2) is 6.84. The van der Waals surface area contributed by atoms with Gasteiger partial charge in [-0.2, -0.15) is 0 Å². The lowest BCUT2D eigenvalue weighted by molar-refractivity contribution is -0.144. The Morgan fingerprint density at radius 3 is 2.57 bits per heavy atom. The summed E-state index contributed by atoms with van der Waals surface area (Å²) in [6.45, 7) is 0. The Labute approximate surface area is 142 Å². The largest absolute Gasteiger partial charge is 0.478 e. The predicted molar refractivity (Wildman–Crippen MR) is 93.8 cm³/mol. The third kappa shape index (κ3) is 3.71. The molecule has 0 heterocycles. The number of hydrogen-bond acceptors (Lipinski definition) is 2. The minimum Gasteiger partial charge on any atom is -0.478 e. The van der Waals surface area contributed by atoms with Gasteiger partial charge in [-0.15, -0.1) is 0 Å². The number of benzene rings is 3. The van der Waals surface area contributed by atoms with Crippen molar-refractivity contribution in [2.45, 2.75) is 12.5 Å². The van der Waals surface area contributed by atoms with E-state index in [1.165, 1.54) is 0 Å². The number of fused-ring (bicyclic) bond motifs is 1. The van der Waals surface area contributed by atoms with E-state index in [0.29, 0.717) is 12.2 Å². The number of hydrogen-bond donors (Lipinski definition) is 1. The average molecular weight is 371 g/mol. The summed E-state index contributed by atoms with van der Waals surface area (Å²) in [6, 6.07) is 21.0. The number of aliphatic carboxylic acids is 1. The van der Waals surface area contributed by atoms with Gasteiger partial charge in [0.15, 0.2) is 6.10 Å². The highest BCUT2D eigenvalue weighted by Gasteiger charge is 2.21. The Hall–Kier alpha value is -2.33. The molecule has 0 radical (unpaired) electrons. The Morgan fingerprint density at radius 1 is 1.04 bits per heavy atom. The number of carbonyl (C=O) groups is 1. The molecule has 1 atom stereocenters. The molecule has 0 amide bonds. The van der Waals surface area contributed by atoms with Crippen LogP contribution in [0, 0.1) is 0 Å². The number of carboxylic acids is 1. The highest BCUT2D eigenvalue weighted by Crippen LogP contribution is 2.27. The van der Waals surface area contributed by atoms with Gasteiger partial charge in [0.2, 0.25) is 0 Å². The van der Waals surface area contributed by atoms with Crippen LogP contribution in [0.2, 0.25) is 0 Å². The van der Waals surface area contributed by atoms with Crippen LogP contribution in [0.5, 0.6) is 5.75 Å². The molecule has 3 rings (SSSR count).